The number of ether oxygens (including phenoxy) is 1. The average molecular weight is 271 g/mol. The third kappa shape index (κ3) is 2.92. The molecule has 1 atom stereocenters. The van der Waals surface area contributed by atoms with Crippen LogP contribution in [0.4, 0.5) is 5.82 Å². The number of nitrogens with zero attached hydrogens (tertiary/aromatic N) is 2. The van der Waals surface area contributed by atoms with E-state index in [1.54, 1.807) is 0 Å². The molecule has 4 heteroatoms. The molecule has 2 heterocycles. The molecular weight excluding hydrogens is 256 g/mol. The SMILES string of the molecule is CC1CN(c2ccc(Br)cn2)CCCO1. The van der Waals surface area contributed by atoms with Crippen molar-refractivity contribution in [2.75, 3.05) is 24.6 Å². The van der Waals surface area contributed by atoms with Crippen molar-refractivity contribution in [1.82, 2.24) is 4.98 Å². The molecule has 0 aliphatic carbocycles. The van der Waals surface area contributed by atoms with Gasteiger partial charge in [0, 0.05) is 30.4 Å². The van der Waals surface area contributed by atoms with Gasteiger partial charge < -0.3 is 9.64 Å². The molecule has 0 amide bonds. The standard InChI is InChI=1S/C11H15BrN2O/c1-9-8-14(5-2-6-15-9)11-4-3-10(12)7-13-11/h3-4,7,9H,2,5-6,8H2,1H3. The van der Waals surface area contributed by atoms with E-state index in [1.807, 2.05) is 18.3 Å². The summed E-state index contributed by atoms with van der Waals surface area (Å²) in [5.41, 5.74) is 0. The molecule has 0 spiro atoms. The van der Waals surface area contributed by atoms with Crippen LogP contribution in [0.25, 0.3) is 0 Å². The smallest absolute Gasteiger partial charge is 0.128 e. The molecule has 0 bridgehead atoms. The Morgan fingerprint density at radius 1 is 1.53 bits per heavy atom. The lowest BCUT2D eigenvalue weighted by Crippen LogP contribution is -2.30. The Hall–Kier alpha value is -0.610. The lowest BCUT2D eigenvalue weighted by molar-refractivity contribution is 0.0820. The van der Waals surface area contributed by atoms with Gasteiger partial charge in [-0.15, -0.1) is 0 Å². The van der Waals surface area contributed by atoms with E-state index in [-0.39, 0.29) is 6.10 Å². The van der Waals surface area contributed by atoms with Crippen LogP contribution in [0, 0.1) is 0 Å². The molecule has 0 saturated carbocycles. The first kappa shape index (κ1) is 10.9. The number of aromatic nitrogens is 1. The highest BCUT2D eigenvalue weighted by molar-refractivity contribution is 9.10. The van der Waals surface area contributed by atoms with Crippen LogP contribution in [0.1, 0.15) is 13.3 Å². The lowest BCUT2D eigenvalue weighted by Gasteiger charge is -2.22. The summed E-state index contributed by atoms with van der Waals surface area (Å²) < 4.78 is 6.62. The highest BCUT2D eigenvalue weighted by atomic mass is 79.9. The minimum Gasteiger partial charge on any atom is -0.377 e. The molecule has 1 aromatic heterocycles. The molecule has 0 radical (unpaired) electrons. The Kier molecular flexibility index (Phi) is 3.59. The predicted molar refractivity (Wildman–Crippen MR) is 64.2 cm³/mol. The highest BCUT2D eigenvalue weighted by Crippen LogP contribution is 2.17. The number of anilines is 1. The van der Waals surface area contributed by atoms with Crippen molar-refractivity contribution >= 4 is 21.7 Å². The summed E-state index contributed by atoms with van der Waals surface area (Å²) in [6, 6.07) is 4.07. The zero-order chi connectivity index (χ0) is 10.7. The molecule has 0 aromatic carbocycles. The van der Waals surface area contributed by atoms with Crippen LogP contribution in [0.2, 0.25) is 0 Å². The largest absolute Gasteiger partial charge is 0.377 e. The Bertz CT molecular complexity index is 315. The normalized spacial score (nSPS) is 22.5. The summed E-state index contributed by atoms with van der Waals surface area (Å²) in [7, 11) is 0. The predicted octanol–water partition coefficient (Wildman–Crippen LogP) is 2.46. The molecule has 0 N–H and O–H groups in total. The second-order valence-electron chi connectivity index (χ2n) is 3.82. The fourth-order valence-corrected chi connectivity index (χ4v) is 1.99. The zero-order valence-electron chi connectivity index (χ0n) is 8.82. The minimum atomic E-state index is 0.290. The third-order valence-electron chi connectivity index (χ3n) is 2.49. The van der Waals surface area contributed by atoms with Gasteiger partial charge in [-0.1, -0.05) is 0 Å². The number of halogens is 1. The Labute approximate surface area is 98.6 Å². The van der Waals surface area contributed by atoms with Crippen molar-refractivity contribution in [2.24, 2.45) is 0 Å². The zero-order valence-corrected chi connectivity index (χ0v) is 10.4. The van der Waals surface area contributed by atoms with E-state index in [0.29, 0.717) is 0 Å². The van der Waals surface area contributed by atoms with Crippen LogP contribution in [0.5, 0.6) is 0 Å². The maximum absolute atomic E-state index is 5.60. The first-order valence-electron chi connectivity index (χ1n) is 5.24. The summed E-state index contributed by atoms with van der Waals surface area (Å²) in [5.74, 6) is 1.04. The van der Waals surface area contributed by atoms with Gasteiger partial charge in [0.15, 0.2) is 0 Å². The molecule has 3 nitrogen and oxygen atoms in total. The summed E-state index contributed by atoms with van der Waals surface area (Å²) >= 11 is 3.39. The van der Waals surface area contributed by atoms with Crippen molar-refractivity contribution in [1.29, 1.82) is 0 Å². The Morgan fingerprint density at radius 3 is 3.13 bits per heavy atom. The van der Waals surface area contributed by atoms with Gasteiger partial charge in [0.05, 0.1) is 6.10 Å². The van der Waals surface area contributed by atoms with E-state index < -0.39 is 0 Å². The minimum absolute atomic E-state index is 0.290. The number of pyridine rings is 1. The summed E-state index contributed by atoms with van der Waals surface area (Å²) in [6.07, 6.45) is 3.20. The lowest BCUT2D eigenvalue weighted by atomic mass is 10.3. The van der Waals surface area contributed by atoms with Crippen molar-refractivity contribution in [3.63, 3.8) is 0 Å². The molecule has 1 unspecified atom stereocenters. The molecule has 1 saturated heterocycles. The van der Waals surface area contributed by atoms with E-state index >= 15 is 0 Å². The van der Waals surface area contributed by atoms with Crippen LogP contribution in [0.15, 0.2) is 22.8 Å². The van der Waals surface area contributed by atoms with Gasteiger partial charge >= 0.3 is 0 Å². The molecule has 1 aliphatic rings. The van der Waals surface area contributed by atoms with Crippen LogP contribution < -0.4 is 4.90 Å². The Morgan fingerprint density at radius 2 is 2.40 bits per heavy atom. The molecule has 1 aliphatic heterocycles. The molecule has 2 rings (SSSR count). The quantitative estimate of drug-likeness (QED) is 0.784. The van der Waals surface area contributed by atoms with Gasteiger partial charge in [-0.2, -0.15) is 0 Å². The topological polar surface area (TPSA) is 25.4 Å². The van der Waals surface area contributed by atoms with Gasteiger partial charge in [-0.05, 0) is 41.4 Å². The molecule has 15 heavy (non-hydrogen) atoms. The van der Waals surface area contributed by atoms with Gasteiger partial charge in [-0.3, -0.25) is 0 Å². The van der Waals surface area contributed by atoms with Crippen molar-refractivity contribution in [3.8, 4) is 0 Å². The fraction of sp³-hybridized carbons (Fsp3) is 0.545. The highest BCUT2D eigenvalue weighted by Gasteiger charge is 2.15. The van der Waals surface area contributed by atoms with E-state index in [4.69, 9.17) is 4.74 Å². The van der Waals surface area contributed by atoms with Crippen LogP contribution in [0.3, 0.4) is 0 Å². The molecular formula is C11H15BrN2O. The number of hydrogen-bond donors (Lipinski definition) is 0. The fourth-order valence-electron chi connectivity index (χ4n) is 1.76. The third-order valence-corrected chi connectivity index (χ3v) is 2.96. The number of rotatable bonds is 1. The number of hydrogen-bond acceptors (Lipinski definition) is 3. The Balaban J connectivity index is 2.11. The van der Waals surface area contributed by atoms with Crippen LogP contribution in [-0.2, 0) is 4.74 Å². The van der Waals surface area contributed by atoms with Crippen molar-refractivity contribution in [2.45, 2.75) is 19.4 Å². The molecule has 82 valence electrons. The summed E-state index contributed by atoms with van der Waals surface area (Å²) in [6.45, 7) is 4.92. The average Bonchev–Trinajstić information content (AvgIpc) is 2.44. The monoisotopic (exact) mass is 270 g/mol. The van der Waals surface area contributed by atoms with E-state index in [1.165, 1.54) is 0 Å². The molecule has 1 fully saturated rings. The van der Waals surface area contributed by atoms with Crippen molar-refractivity contribution < 1.29 is 4.74 Å². The van der Waals surface area contributed by atoms with E-state index in [2.05, 4.69) is 32.7 Å². The summed E-state index contributed by atoms with van der Waals surface area (Å²) in [4.78, 5) is 6.68. The van der Waals surface area contributed by atoms with Gasteiger partial charge in [0.1, 0.15) is 5.82 Å². The van der Waals surface area contributed by atoms with Crippen LogP contribution in [-0.4, -0.2) is 30.8 Å². The van der Waals surface area contributed by atoms with E-state index in [9.17, 15) is 0 Å². The maximum atomic E-state index is 5.60. The van der Waals surface area contributed by atoms with Crippen LogP contribution >= 0.6 is 15.9 Å². The van der Waals surface area contributed by atoms with Gasteiger partial charge in [0.25, 0.3) is 0 Å². The molecule has 1 aromatic rings. The second-order valence-corrected chi connectivity index (χ2v) is 4.73. The first-order valence-corrected chi connectivity index (χ1v) is 6.03. The first-order chi connectivity index (χ1) is 7.25. The second kappa shape index (κ2) is 4.94. The van der Waals surface area contributed by atoms with Crippen molar-refractivity contribution in [3.05, 3.63) is 22.8 Å². The maximum Gasteiger partial charge on any atom is 0.128 e. The van der Waals surface area contributed by atoms with Gasteiger partial charge in [-0.25, -0.2) is 4.98 Å². The summed E-state index contributed by atoms with van der Waals surface area (Å²) in [5, 5.41) is 0. The van der Waals surface area contributed by atoms with Gasteiger partial charge in [0.2, 0.25) is 0 Å². The van der Waals surface area contributed by atoms with E-state index in [0.717, 1.165) is 36.4 Å².